The molecular formula is C17H11F3N4O. The number of urea groups is 1. The lowest BCUT2D eigenvalue weighted by Gasteiger charge is -2.10. The first-order valence-electron chi connectivity index (χ1n) is 7.13. The van der Waals surface area contributed by atoms with Crippen LogP contribution in [-0.4, -0.2) is 11.0 Å². The molecule has 3 aromatic rings. The number of aromatic nitrogens is 1. The number of fused-ring (bicyclic) bond motifs is 1. The number of hydrogen-bond acceptors (Lipinski definition) is 2. The number of benzene rings is 2. The van der Waals surface area contributed by atoms with Gasteiger partial charge in [0.05, 0.1) is 5.56 Å². The van der Waals surface area contributed by atoms with Crippen molar-refractivity contribution in [3.8, 4) is 6.07 Å². The molecule has 25 heavy (non-hydrogen) atoms. The molecule has 0 aliphatic heterocycles. The van der Waals surface area contributed by atoms with E-state index < -0.39 is 17.8 Å². The van der Waals surface area contributed by atoms with Crippen LogP contribution < -0.4 is 10.6 Å². The van der Waals surface area contributed by atoms with Crippen molar-refractivity contribution in [2.75, 3.05) is 10.6 Å². The first-order chi connectivity index (χ1) is 11.8. The number of aromatic amines is 1. The van der Waals surface area contributed by atoms with Gasteiger partial charge >= 0.3 is 12.2 Å². The van der Waals surface area contributed by atoms with Gasteiger partial charge in [-0.15, -0.1) is 0 Å². The molecular weight excluding hydrogens is 333 g/mol. The van der Waals surface area contributed by atoms with E-state index in [4.69, 9.17) is 5.26 Å². The highest BCUT2D eigenvalue weighted by molar-refractivity contribution is 6.01. The van der Waals surface area contributed by atoms with Gasteiger partial charge in [-0.3, -0.25) is 0 Å². The second kappa shape index (κ2) is 6.20. The summed E-state index contributed by atoms with van der Waals surface area (Å²) in [4.78, 5) is 14.8. The molecule has 0 bridgehead atoms. The van der Waals surface area contributed by atoms with Crippen molar-refractivity contribution in [2.24, 2.45) is 0 Å². The summed E-state index contributed by atoms with van der Waals surface area (Å²) in [6, 6.07) is 12.3. The second-order valence-corrected chi connectivity index (χ2v) is 5.25. The maximum Gasteiger partial charge on any atom is 0.416 e. The van der Waals surface area contributed by atoms with Gasteiger partial charge in [0.15, 0.2) is 0 Å². The van der Waals surface area contributed by atoms with Crippen molar-refractivity contribution in [3.63, 3.8) is 0 Å². The molecule has 0 unspecified atom stereocenters. The zero-order valence-corrected chi connectivity index (χ0v) is 12.6. The van der Waals surface area contributed by atoms with Gasteiger partial charge in [0.1, 0.15) is 11.8 Å². The zero-order chi connectivity index (χ0) is 18.0. The number of anilines is 2. The van der Waals surface area contributed by atoms with Crippen LogP contribution >= 0.6 is 0 Å². The van der Waals surface area contributed by atoms with E-state index in [1.54, 1.807) is 24.3 Å². The summed E-state index contributed by atoms with van der Waals surface area (Å²) in [5, 5.41) is 14.7. The van der Waals surface area contributed by atoms with E-state index in [0.717, 1.165) is 17.5 Å². The maximum absolute atomic E-state index is 12.5. The van der Waals surface area contributed by atoms with Gasteiger partial charge in [-0.25, -0.2) is 4.79 Å². The molecule has 0 spiro atoms. The van der Waals surface area contributed by atoms with Crippen LogP contribution in [-0.2, 0) is 6.18 Å². The summed E-state index contributed by atoms with van der Waals surface area (Å²) in [6.45, 7) is 0. The predicted octanol–water partition coefficient (Wildman–Crippen LogP) is 4.70. The molecule has 1 heterocycles. The van der Waals surface area contributed by atoms with Crippen molar-refractivity contribution in [3.05, 3.63) is 59.8 Å². The van der Waals surface area contributed by atoms with Crippen LogP contribution in [0, 0.1) is 11.3 Å². The van der Waals surface area contributed by atoms with Crippen molar-refractivity contribution in [1.82, 2.24) is 4.98 Å². The minimum Gasteiger partial charge on any atom is -0.346 e. The Bertz CT molecular complexity index is 968. The summed E-state index contributed by atoms with van der Waals surface area (Å²) >= 11 is 0. The Hall–Kier alpha value is -3.47. The molecule has 2 aromatic carbocycles. The van der Waals surface area contributed by atoms with Crippen LogP contribution in [0.3, 0.4) is 0 Å². The Kier molecular flexibility index (Phi) is 4.07. The first kappa shape index (κ1) is 16.4. The molecule has 8 heteroatoms. The minimum atomic E-state index is -4.42. The van der Waals surface area contributed by atoms with Crippen LogP contribution in [0.5, 0.6) is 0 Å². The lowest BCUT2D eigenvalue weighted by Crippen LogP contribution is -2.19. The number of amides is 2. The molecule has 0 saturated carbocycles. The minimum absolute atomic E-state index is 0.234. The van der Waals surface area contributed by atoms with Crippen molar-refractivity contribution in [1.29, 1.82) is 5.26 Å². The van der Waals surface area contributed by atoms with E-state index in [1.807, 2.05) is 6.07 Å². The van der Waals surface area contributed by atoms with Gasteiger partial charge in [0.25, 0.3) is 0 Å². The lowest BCUT2D eigenvalue weighted by atomic mass is 10.2. The average molecular weight is 344 g/mol. The number of rotatable bonds is 2. The standard InChI is InChI=1S/C17H11F3N4O/c18-17(19,20)11-2-5-12(6-3-11)23-16(25)24-13-4-1-10-7-14(9-21)22-15(10)8-13/h1-8,22H,(H2,23,24,25). The summed E-state index contributed by atoms with van der Waals surface area (Å²) in [5.41, 5.74) is 1.01. The van der Waals surface area contributed by atoms with E-state index in [0.29, 0.717) is 16.9 Å². The number of hydrogen-bond donors (Lipinski definition) is 3. The smallest absolute Gasteiger partial charge is 0.346 e. The van der Waals surface area contributed by atoms with E-state index in [2.05, 4.69) is 15.6 Å². The molecule has 5 nitrogen and oxygen atoms in total. The van der Waals surface area contributed by atoms with E-state index in [9.17, 15) is 18.0 Å². The van der Waals surface area contributed by atoms with E-state index in [1.165, 1.54) is 12.1 Å². The predicted molar refractivity (Wildman–Crippen MR) is 87.1 cm³/mol. The molecule has 3 rings (SSSR count). The van der Waals surface area contributed by atoms with Crippen LogP contribution in [0.25, 0.3) is 10.9 Å². The zero-order valence-electron chi connectivity index (χ0n) is 12.6. The third-order valence-corrected chi connectivity index (χ3v) is 3.47. The fourth-order valence-electron chi connectivity index (χ4n) is 2.30. The molecule has 3 N–H and O–H groups in total. The van der Waals surface area contributed by atoms with E-state index in [-0.39, 0.29) is 5.69 Å². The number of carbonyl (C=O) groups excluding carboxylic acids is 1. The number of alkyl halides is 3. The van der Waals surface area contributed by atoms with Gasteiger partial charge in [-0.2, -0.15) is 18.4 Å². The molecule has 1 aromatic heterocycles. The van der Waals surface area contributed by atoms with Gasteiger partial charge < -0.3 is 15.6 Å². The monoisotopic (exact) mass is 344 g/mol. The number of nitrogens with one attached hydrogen (secondary N) is 3. The molecule has 0 aliphatic rings. The summed E-state index contributed by atoms with van der Waals surface area (Å²) in [6.07, 6.45) is -4.42. The van der Waals surface area contributed by atoms with Crippen LogP contribution in [0.2, 0.25) is 0 Å². The van der Waals surface area contributed by atoms with Crippen LogP contribution in [0.1, 0.15) is 11.3 Å². The Morgan fingerprint density at radius 2 is 1.64 bits per heavy atom. The number of halogens is 3. The quantitative estimate of drug-likeness (QED) is 0.630. The molecule has 0 aliphatic carbocycles. The van der Waals surface area contributed by atoms with Crippen molar-refractivity contribution >= 4 is 28.3 Å². The lowest BCUT2D eigenvalue weighted by molar-refractivity contribution is -0.137. The van der Waals surface area contributed by atoms with Crippen LogP contribution in [0.4, 0.5) is 29.3 Å². The number of H-pyrrole nitrogens is 1. The Balaban J connectivity index is 1.69. The van der Waals surface area contributed by atoms with Crippen molar-refractivity contribution < 1.29 is 18.0 Å². The van der Waals surface area contributed by atoms with Crippen LogP contribution in [0.15, 0.2) is 48.5 Å². The number of nitrogens with zero attached hydrogens (tertiary/aromatic N) is 1. The van der Waals surface area contributed by atoms with Gasteiger partial charge in [0, 0.05) is 22.3 Å². The topological polar surface area (TPSA) is 80.7 Å². The van der Waals surface area contributed by atoms with E-state index >= 15 is 0 Å². The second-order valence-electron chi connectivity index (χ2n) is 5.25. The summed E-state index contributed by atoms with van der Waals surface area (Å²) in [7, 11) is 0. The fraction of sp³-hybridized carbons (Fsp3) is 0.0588. The fourth-order valence-corrected chi connectivity index (χ4v) is 2.30. The highest BCUT2D eigenvalue weighted by Gasteiger charge is 2.29. The molecule has 0 fully saturated rings. The largest absolute Gasteiger partial charge is 0.416 e. The maximum atomic E-state index is 12.5. The van der Waals surface area contributed by atoms with Gasteiger partial charge in [0.2, 0.25) is 0 Å². The number of nitriles is 1. The molecule has 0 saturated heterocycles. The molecule has 2 amide bonds. The van der Waals surface area contributed by atoms with Crippen molar-refractivity contribution in [2.45, 2.75) is 6.18 Å². The Labute approximate surface area is 140 Å². The van der Waals surface area contributed by atoms with Gasteiger partial charge in [-0.1, -0.05) is 6.07 Å². The SMILES string of the molecule is N#Cc1cc2ccc(NC(=O)Nc3ccc(C(F)(F)F)cc3)cc2[nH]1. The number of carbonyl (C=O) groups is 1. The summed E-state index contributed by atoms with van der Waals surface area (Å²) < 4.78 is 37.5. The average Bonchev–Trinajstić information content (AvgIpc) is 2.96. The Morgan fingerprint density at radius 3 is 2.28 bits per heavy atom. The summed E-state index contributed by atoms with van der Waals surface area (Å²) in [5.74, 6) is 0. The molecule has 126 valence electrons. The normalized spacial score (nSPS) is 11.1. The third kappa shape index (κ3) is 3.72. The molecule has 0 radical (unpaired) electrons. The third-order valence-electron chi connectivity index (χ3n) is 3.47. The van der Waals surface area contributed by atoms with Gasteiger partial charge in [-0.05, 0) is 42.5 Å². The Morgan fingerprint density at radius 1 is 1.00 bits per heavy atom. The molecule has 0 atom stereocenters. The first-order valence-corrected chi connectivity index (χ1v) is 7.13. The highest BCUT2D eigenvalue weighted by atomic mass is 19.4. The highest BCUT2D eigenvalue weighted by Crippen LogP contribution is 2.29.